The Bertz CT molecular complexity index is 890. The van der Waals surface area contributed by atoms with Crippen LogP contribution in [-0.4, -0.2) is 37.4 Å². The smallest absolute Gasteiger partial charge is 0.271 e. The molecule has 1 N–H and O–H groups in total. The average molecular weight is 444 g/mol. The van der Waals surface area contributed by atoms with E-state index in [2.05, 4.69) is 33.0 Å². The number of morpholine rings is 1. The van der Waals surface area contributed by atoms with Gasteiger partial charge < -0.3 is 9.64 Å². The summed E-state index contributed by atoms with van der Waals surface area (Å²) in [4.78, 5) is 17.1. The number of amidine groups is 1. The van der Waals surface area contributed by atoms with Crippen molar-refractivity contribution in [3.8, 4) is 0 Å². The number of carbonyl (C=O) groups excluding carboxylic acids is 1. The highest BCUT2D eigenvalue weighted by atomic mass is 79.9. The van der Waals surface area contributed by atoms with Crippen molar-refractivity contribution >= 4 is 56.2 Å². The minimum atomic E-state index is -0.162. The lowest BCUT2D eigenvalue weighted by Crippen LogP contribution is -2.36. The molecule has 7 heteroatoms. The molecule has 0 bridgehead atoms. The number of anilines is 2. The predicted octanol–water partition coefficient (Wildman–Crippen LogP) is 4.34. The van der Waals surface area contributed by atoms with Crippen molar-refractivity contribution in [2.75, 3.05) is 36.1 Å². The summed E-state index contributed by atoms with van der Waals surface area (Å²) in [6.45, 7) is 3.30. The molecule has 2 aromatic rings. The third-order valence-electron chi connectivity index (χ3n) is 4.48. The van der Waals surface area contributed by atoms with E-state index in [0.717, 1.165) is 42.0 Å². The fourth-order valence-corrected chi connectivity index (χ4v) is 4.19. The summed E-state index contributed by atoms with van der Waals surface area (Å²) in [5, 5.41) is 8.41. The average Bonchev–Trinajstić information content (AvgIpc) is 2.97. The van der Waals surface area contributed by atoms with Crippen molar-refractivity contribution in [1.82, 2.24) is 0 Å². The van der Waals surface area contributed by atoms with Crippen LogP contribution in [0.4, 0.5) is 11.4 Å². The highest BCUT2D eigenvalue weighted by Gasteiger charge is 2.33. The second kappa shape index (κ2) is 7.88. The maximum atomic E-state index is 12.8. The highest BCUT2D eigenvalue weighted by Crippen LogP contribution is 2.35. The van der Waals surface area contributed by atoms with Crippen LogP contribution in [-0.2, 0) is 9.53 Å². The van der Waals surface area contributed by atoms with Crippen LogP contribution in [0.25, 0.3) is 6.08 Å². The second-order valence-electron chi connectivity index (χ2n) is 6.22. The van der Waals surface area contributed by atoms with Crippen molar-refractivity contribution in [1.29, 1.82) is 5.41 Å². The van der Waals surface area contributed by atoms with Gasteiger partial charge in [0.25, 0.3) is 5.91 Å². The first-order valence-electron chi connectivity index (χ1n) is 8.63. The molecule has 0 atom stereocenters. The van der Waals surface area contributed by atoms with Crippen molar-refractivity contribution in [2.45, 2.75) is 0 Å². The van der Waals surface area contributed by atoms with Crippen molar-refractivity contribution in [3.63, 3.8) is 0 Å². The molecule has 138 valence electrons. The summed E-state index contributed by atoms with van der Waals surface area (Å²) in [5.74, 6) is -0.162. The largest absolute Gasteiger partial charge is 0.378 e. The molecule has 2 aliphatic rings. The van der Waals surface area contributed by atoms with E-state index in [-0.39, 0.29) is 11.1 Å². The Morgan fingerprint density at radius 2 is 1.63 bits per heavy atom. The highest BCUT2D eigenvalue weighted by molar-refractivity contribution is 9.10. The van der Waals surface area contributed by atoms with E-state index >= 15 is 0 Å². The normalized spacial score (nSPS) is 19.2. The zero-order valence-corrected chi connectivity index (χ0v) is 16.9. The Morgan fingerprint density at radius 3 is 2.30 bits per heavy atom. The first-order chi connectivity index (χ1) is 13.1. The van der Waals surface area contributed by atoms with E-state index in [1.54, 1.807) is 0 Å². The molecule has 1 amide bonds. The van der Waals surface area contributed by atoms with E-state index in [9.17, 15) is 4.79 Å². The van der Waals surface area contributed by atoms with Crippen LogP contribution in [0, 0.1) is 5.41 Å². The summed E-state index contributed by atoms with van der Waals surface area (Å²) < 4.78 is 6.33. The van der Waals surface area contributed by atoms with Crippen LogP contribution in [0.5, 0.6) is 0 Å². The van der Waals surface area contributed by atoms with E-state index in [1.165, 1.54) is 16.7 Å². The van der Waals surface area contributed by atoms with Crippen LogP contribution in [0.2, 0.25) is 0 Å². The number of hydrogen-bond acceptors (Lipinski definition) is 5. The molecule has 0 aliphatic carbocycles. The molecule has 0 spiro atoms. The van der Waals surface area contributed by atoms with Crippen LogP contribution in [0.3, 0.4) is 0 Å². The molecular weight excluding hydrogens is 426 g/mol. The minimum Gasteiger partial charge on any atom is -0.378 e. The molecule has 2 aliphatic heterocycles. The Hall–Kier alpha value is -2.09. The molecule has 5 nitrogen and oxygen atoms in total. The number of thioether (sulfide) groups is 1. The van der Waals surface area contributed by atoms with E-state index in [4.69, 9.17) is 10.1 Å². The number of ether oxygens (including phenoxy) is 1. The van der Waals surface area contributed by atoms with Gasteiger partial charge in [-0.15, -0.1) is 0 Å². The van der Waals surface area contributed by atoms with Gasteiger partial charge in [0, 0.05) is 23.2 Å². The van der Waals surface area contributed by atoms with E-state index in [0.29, 0.717) is 10.6 Å². The molecule has 0 unspecified atom stereocenters. The number of nitrogens with zero attached hydrogens (tertiary/aromatic N) is 2. The number of carbonyl (C=O) groups is 1. The third kappa shape index (κ3) is 3.95. The molecule has 2 saturated heterocycles. The standard InChI is InChI=1S/C20H18BrN3O2S/c21-15-3-7-17(8-4-15)24-19(25)18(27-20(24)22)13-14-1-5-16(6-2-14)23-9-11-26-12-10-23/h1-8,13,22H,9-12H2. The number of amides is 1. The van der Waals surface area contributed by atoms with Gasteiger partial charge in [0.15, 0.2) is 5.17 Å². The SMILES string of the molecule is N=C1SC(=Cc2ccc(N3CCOCC3)cc2)C(=O)N1c1ccc(Br)cc1. The lowest BCUT2D eigenvalue weighted by Gasteiger charge is -2.28. The summed E-state index contributed by atoms with van der Waals surface area (Å²) in [5.41, 5.74) is 2.81. The molecule has 0 saturated carbocycles. The summed E-state index contributed by atoms with van der Waals surface area (Å²) >= 11 is 4.58. The molecule has 2 heterocycles. The molecule has 4 rings (SSSR count). The topological polar surface area (TPSA) is 56.6 Å². The zero-order valence-electron chi connectivity index (χ0n) is 14.5. The maximum absolute atomic E-state index is 12.8. The number of benzene rings is 2. The van der Waals surface area contributed by atoms with Gasteiger partial charge >= 0.3 is 0 Å². The lowest BCUT2D eigenvalue weighted by molar-refractivity contribution is -0.113. The Morgan fingerprint density at radius 1 is 1.00 bits per heavy atom. The van der Waals surface area contributed by atoms with Crippen LogP contribution in [0.15, 0.2) is 57.9 Å². The van der Waals surface area contributed by atoms with Crippen LogP contribution < -0.4 is 9.80 Å². The van der Waals surface area contributed by atoms with Crippen molar-refractivity contribution in [2.24, 2.45) is 0 Å². The molecule has 2 aromatic carbocycles. The first-order valence-corrected chi connectivity index (χ1v) is 10.2. The Kier molecular flexibility index (Phi) is 5.33. The predicted molar refractivity (Wildman–Crippen MR) is 114 cm³/mol. The second-order valence-corrected chi connectivity index (χ2v) is 8.17. The van der Waals surface area contributed by atoms with E-state index < -0.39 is 0 Å². The Labute approximate surface area is 170 Å². The summed E-state index contributed by atoms with van der Waals surface area (Å²) in [6.07, 6.45) is 1.85. The van der Waals surface area contributed by atoms with Crippen LogP contribution in [0.1, 0.15) is 5.56 Å². The van der Waals surface area contributed by atoms with Gasteiger partial charge in [0.2, 0.25) is 0 Å². The van der Waals surface area contributed by atoms with Crippen molar-refractivity contribution < 1.29 is 9.53 Å². The zero-order chi connectivity index (χ0) is 18.8. The fraction of sp³-hybridized carbons (Fsp3) is 0.200. The maximum Gasteiger partial charge on any atom is 0.271 e. The monoisotopic (exact) mass is 443 g/mol. The quantitative estimate of drug-likeness (QED) is 0.716. The van der Waals surface area contributed by atoms with Gasteiger partial charge in [0.1, 0.15) is 0 Å². The minimum absolute atomic E-state index is 0.162. The molecule has 27 heavy (non-hydrogen) atoms. The van der Waals surface area contributed by atoms with Gasteiger partial charge in [-0.05, 0) is 59.8 Å². The molecule has 0 radical (unpaired) electrons. The van der Waals surface area contributed by atoms with Crippen molar-refractivity contribution in [3.05, 3.63) is 63.5 Å². The molecule has 0 aromatic heterocycles. The molecule has 2 fully saturated rings. The van der Waals surface area contributed by atoms with Crippen LogP contribution >= 0.6 is 27.7 Å². The number of nitrogens with one attached hydrogen (secondary N) is 1. The van der Waals surface area contributed by atoms with Gasteiger partial charge in [-0.1, -0.05) is 28.1 Å². The number of rotatable bonds is 3. The summed E-state index contributed by atoms with van der Waals surface area (Å²) in [7, 11) is 0. The van der Waals surface area contributed by atoms with Gasteiger partial charge in [-0.3, -0.25) is 15.1 Å². The fourth-order valence-electron chi connectivity index (χ4n) is 3.07. The van der Waals surface area contributed by atoms with Gasteiger partial charge in [-0.25, -0.2) is 0 Å². The van der Waals surface area contributed by atoms with Gasteiger partial charge in [-0.2, -0.15) is 0 Å². The summed E-state index contributed by atoms with van der Waals surface area (Å²) in [6, 6.07) is 15.6. The molecular formula is C20H18BrN3O2S. The Balaban J connectivity index is 1.53. The third-order valence-corrected chi connectivity index (χ3v) is 5.89. The number of hydrogen-bond donors (Lipinski definition) is 1. The lowest BCUT2D eigenvalue weighted by atomic mass is 10.1. The number of halogens is 1. The van der Waals surface area contributed by atoms with E-state index in [1.807, 2.05) is 42.5 Å². The first kappa shape index (κ1) is 18.3. The van der Waals surface area contributed by atoms with Gasteiger partial charge in [0.05, 0.1) is 23.8 Å².